The molecular weight excluding hydrogens is 414 g/mol. The van der Waals surface area contributed by atoms with Crippen LogP contribution in [0.4, 0.5) is 5.69 Å². The van der Waals surface area contributed by atoms with Crippen LogP contribution < -0.4 is 10.2 Å². The molecule has 1 saturated heterocycles. The van der Waals surface area contributed by atoms with E-state index in [0.29, 0.717) is 29.3 Å². The van der Waals surface area contributed by atoms with E-state index in [2.05, 4.69) is 25.7 Å². The molecule has 4 rings (SSSR count). The number of nitrogens with one attached hydrogen (secondary N) is 1. The van der Waals surface area contributed by atoms with Crippen molar-refractivity contribution in [1.82, 2.24) is 30.4 Å². The number of nitrogens with zero attached hydrogens (tertiary/aromatic N) is 6. The van der Waals surface area contributed by atoms with Gasteiger partial charge in [-0.15, -0.1) is 5.10 Å². The summed E-state index contributed by atoms with van der Waals surface area (Å²) in [6.45, 7) is 2.76. The van der Waals surface area contributed by atoms with Gasteiger partial charge in [0.1, 0.15) is 0 Å². The molecule has 0 radical (unpaired) electrons. The van der Waals surface area contributed by atoms with E-state index in [1.54, 1.807) is 9.58 Å². The fraction of sp³-hybridized carbons (Fsp3) is 0.500. The molecule has 2 aliphatic rings. The Morgan fingerprint density at radius 2 is 1.86 bits per heavy atom. The van der Waals surface area contributed by atoms with Gasteiger partial charge >= 0.3 is 0 Å². The summed E-state index contributed by atoms with van der Waals surface area (Å²) in [7, 11) is 0. The monoisotopic (exact) mass is 435 g/mol. The summed E-state index contributed by atoms with van der Waals surface area (Å²) >= 11 is 7.22. The van der Waals surface area contributed by atoms with E-state index >= 15 is 0 Å². The summed E-state index contributed by atoms with van der Waals surface area (Å²) in [5, 5.41) is 15.6. The quantitative estimate of drug-likeness (QED) is 0.653. The average molecular weight is 436 g/mol. The number of tetrazole rings is 1. The molecule has 2 heterocycles. The lowest BCUT2D eigenvalue weighted by Gasteiger charge is -2.36. The first kappa shape index (κ1) is 20.0. The minimum Gasteiger partial charge on any atom is -0.368 e. The Balaban J connectivity index is 1.17. The maximum absolute atomic E-state index is 12.4. The fourth-order valence-corrected chi connectivity index (χ4v) is 4.06. The summed E-state index contributed by atoms with van der Waals surface area (Å²) < 4.78 is 1.77. The molecule has 0 unspecified atom stereocenters. The topological polar surface area (TPSA) is 96.2 Å². The predicted octanol–water partition coefficient (Wildman–Crippen LogP) is 1.22. The number of hydrogen-bond donors (Lipinski definition) is 1. The molecule has 0 bridgehead atoms. The van der Waals surface area contributed by atoms with Crippen LogP contribution >= 0.6 is 23.4 Å². The Bertz CT molecular complexity index is 863. The molecule has 11 heteroatoms. The van der Waals surface area contributed by atoms with Crippen molar-refractivity contribution in [2.24, 2.45) is 0 Å². The summed E-state index contributed by atoms with van der Waals surface area (Å²) in [5.74, 6) is -0.0829. The van der Waals surface area contributed by atoms with Crippen molar-refractivity contribution in [1.29, 1.82) is 0 Å². The van der Waals surface area contributed by atoms with Crippen LogP contribution in [0.25, 0.3) is 0 Å². The lowest BCUT2D eigenvalue weighted by molar-refractivity contribution is -0.132. The Morgan fingerprint density at radius 1 is 1.14 bits per heavy atom. The van der Waals surface area contributed by atoms with Crippen molar-refractivity contribution in [2.75, 3.05) is 43.4 Å². The molecule has 2 aromatic rings. The number of hydrogen-bond acceptors (Lipinski definition) is 7. The molecule has 0 atom stereocenters. The van der Waals surface area contributed by atoms with E-state index in [1.165, 1.54) is 11.8 Å². The number of thioether (sulfide) groups is 1. The first-order valence-electron chi connectivity index (χ1n) is 9.56. The Morgan fingerprint density at radius 3 is 2.55 bits per heavy atom. The van der Waals surface area contributed by atoms with E-state index in [9.17, 15) is 9.59 Å². The normalized spacial score (nSPS) is 16.7. The highest BCUT2D eigenvalue weighted by atomic mass is 35.5. The number of carbonyl (C=O) groups is 2. The first-order chi connectivity index (χ1) is 14.1. The van der Waals surface area contributed by atoms with E-state index in [-0.39, 0.29) is 24.1 Å². The molecule has 1 aromatic heterocycles. The number of halogens is 1. The van der Waals surface area contributed by atoms with Gasteiger partial charge in [-0.05, 0) is 47.5 Å². The predicted molar refractivity (Wildman–Crippen MR) is 110 cm³/mol. The number of piperazine rings is 1. The van der Waals surface area contributed by atoms with Gasteiger partial charge in [0.2, 0.25) is 17.0 Å². The molecule has 1 aliphatic heterocycles. The number of amides is 2. The van der Waals surface area contributed by atoms with Gasteiger partial charge in [-0.3, -0.25) is 9.59 Å². The SMILES string of the molecule is O=C(CSc1nnnn1C1CC1)NCC(=O)N1CCN(c2ccc(Cl)cc2)CC1. The van der Waals surface area contributed by atoms with Crippen LogP contribution in [0, 0.1) is 0 Å². The summed E-state index contributed by atoms with van der Waals surface area (Å²) in [6.07, 6.45) is 2.15. The third-order valence-corrected chi connectivity index (χ3v) is 6.13. The number of carbonyl (C=O) groups excluding carboxylic acids is 2. The smallest absolute Gasteiger partial charge is 0.242 e. The Hall–Kier alpha value is -2.33. The van der Waals surface area contributed by atoms with E-state index in [0.717, 1.165) is 31.6 Å². The molecule has 2 fully saturated rings. The maximum Gasteiger partial charge on any atom is 0.242 e. The molecule has 154 valence electrons. The minimum atomic E-state index is -0.200. The largest absolute Gasteiger partial charge is 0.368 e. The second-order valence-corrected chi connectivity index (χ2v) is 8.43. The second kappa shape index (κ2) is 9.00. The highest BCUT2D eigenvalue weighted by molar-refractivity contribution is 7.99. The van der Waals surface area contributed by atoms with Crippen LogP contribution in [-0.2, 0) is 9.59 Å². The standard InChI is InChI=1S/C18H22ClN7O2S/c19-13-1-3-14(4-2-13)24-7-9-25(10-8-24)17(28)11-20-16(27)12-29-18-21-22-23-26(18)15-5-6-15/h1-4,15H,5-12H2,(H,20,27). The van der Waals surface area contributed by atoms with Crippen molar-refractivity contribution < 1.29 is 9.59 Å². The summed E-state index contributed by atoms with van der Waals surface area (Å²) in [6, 6.07) is 8.06. The Kier molecular flexibility index (Phi) is 6.19. The molecule has 9 nitrogen and oxygen atoms in total. The first-order valence-corrected chi connectivity index (χ1v) is 10.9. The van der Waals surface area contributed by atoms with Gasteiger partial charge in [-0.1, -0.05) is 23.4 Å². The second-order valence-electron chi connectivity index (χ2n) is 7.05. The zero-order valence-corrected chi connectivity index (χ0v) is 17.4. The van der Waals surface area contributed by atoms with Crippen LogP contribution in [-0.4, -0.2) is 75.4 Å². The van der Waals surface area contributed by atoms with Crippen molar-refractivity contribution in [3.63, 3.8) is 0 Å². The molecule has 1 aromatic carbocycles. The lowest BCUT2D eigenvalue weighted by atomic mass is 10.2. The average Bonchev–Trinajstić information content (AvgIpc) is 3.48. The lowest BCUT2D eigenvalue weighted by Crippen LogP contribution is -2.51. The molecule has 2 amide bonds. The minimum absolute atomic E-state index is 0.00784. The van der Waals surface area contributed by atoms with Gasteiger partial charge in [0.05, 0.1) is 18.3 Å². The highest BCUT2D eigenvalue weighted by Crippen LogP contribution is 2.36. The van der Waals surface area contributed by atoms with Crippen molar-refractivity contribution in [2.45, 2.75) is 24.0 Å². The van der Waals surface area contributed by atoms with Gasteiger partial charge in [-0.25, -0.2) is 4.68 Å². The summed E-state index contributed by atoms with van der Waals surface area (Å²) in [4.78, 5) is 28.5. The number of aromatic nitrogens is 4. The van der Waals surface area contributed by atoms with Crippen molar-refractivity contribution in [3.8, 4) is 0 Å². The van der Waals surface area contributed by atoms with Crippen LogP contribution in [0.1, 0.15) is 18.9 Å². The molecule has 1 N–H and O–H groups in total. The number of benzene rings is 1. The molecule has 0 spiro atoms. The van der Waals surface area contributed by atoms with Crippen molar-refractivity contribution >= 4 is 40.9 Å². The third kappa shape index (κ3) is 5.18. The zero-order valence-electron chi connectivity index (χ0n) is 15.8. The van der Waals surface area contributed by atoms with E-state index in [4.69, 9.17) is 11.6 Å². The maximum atomic E-state index is 12.4. The van der Waals surface area contributed by atoms with Gasteiger partial charge in [-0.2, -0.15) is 0 Å². The molecule has 29 heavy (non-hydrogen) atoms. The van der Waals surface area contributed by atoms with Crippen LogP contribution in [0.2, 0.25) is 5.02 Å². The van der Waals surface area contributed by atoms with Crippen LogP contribution in [0.5, 0.6) is 0 Å². The molecule has 1 aliphatic carbocycles. The summed E-state index contributed by atoms with van der Waals surface area (Å²) in [5.41, 5.74) is 1.10. The van der Waals surface area contributed by atoms with Gasteiger partial charge in [0.15, 0.2) is 0 Å². The van der Waals surface area contributed by atoms with E-state index in [1.807, 2.05) is 24.3 Å². The van der Waals surface area contributed by atoms with E-state index < -0.39 is 0 Å². The van der Waals surface area contributed by atoms with Gasteiger partial charge < -0.3 is 15.1 Å². The fourth-order valence-electron chi connectivity index (χ4n) is 3.16. The Labute approximate surface area is 177 Å². The van der Waals surface area contributed by atoms with Crippen molar-refractivity contribution in [3.05, 3.63) is 29.3 Å². The zero-order chi connectivity index (χ0) is 20.2. The van der Waals surface area contributed by atoms with Gasteiger partial charge in [0, 0.05) is 36.9 Å². The number of anilines is 1. The van der Waals surface area contributed by atoms with Crippen LogP contribution in [0.15, 0.2) is 29.4 Å². The van der Waals surface area contributed by atoms with Gasteiger partial charge in [0.25, 0.3) is 0 Å². The third-order valence-electron chi connectivity index (χ3n) is 4.95. The highest BCUT2D eigenvalue weighted by Gasteiger charge is 2.28. The number of rotatable bonds is 7. The molecular formula is C18H22ClN7O2S. The van der Waals surface area contributed by atoms with Crippen LogP contribution in [0.3, 0.4) is 0 Å². The molecule has 1 saturated carbocycles.